The zero-order chi connectivity index (χ0) is 25.3. The molecule has 1 aromatic heterocycles. The summed E-state index contributed by atoms with van der Waals surface area (Å²) in [7, 11) is 0. The maximum absolute atomic E-state index is 14.6. The van der Waals surface area contributed by atoms with Crippen LogP contribution in [0.5, 0.6) is 5.75 Å². The summed E-state index contributed by atoms with van der Waals surface area (Å²) in [6.45, 7) is 4.60. The summed E-state index contributed by atoms with van der Waals surface area (Å²) < 4.78 is 26.9. The lowest BCUT2D eigenvalue weighted by Gasteiger charge is -2.52. The molecule has 2 aromatic carbocycles. The van der Waals surface area contributed by atoms with Crippen LogP contribution in [0.15, 0.2) is 65.2 Å². The predicted octanol–water partition coefficient (Wildman–Crippen LogP) is 5.43. The van der Waals surface area contributed by atoms with Gasteiger partial charge in [0.2, 0.25) is 0 Å². The van der Waals surface area contributed by atoms with E-state index >= 15 is 0 Å². The van der Waals surface area contributed by atoms with Crippen molar-refractivity contribution in [1.82, 2.24) is 4.98 Å². The highest BCUT2D eigenvalue weighted by molar-refractivity contribution is 5.29. The number of oxazole rings is 1. The van der Waals surface area contributed by atoms with Gasteiger partial charge < -0.3 is 18.7 Å². The molecule has 1 saturated carbocycles. The second kappa shape index (κ2) is 10.2. The Bertz CT molecular complexity index is 1180. The van der Waals surface area contributed by atoms with E-state index in [4.69, 9.17) is 9.15 Å². The zero-order valence-corrected chi connectivity index (χ0v) is 21.5. The molecule has 0 amide bonds. The fourth-order valence-corrected chi connectivity index (χ4v) is 7.22. The second-order valence-electron chi connectivity index (χ2n) is 11.6. The number of hydrogen-bond acceptors (Lipinski definition) is 4. The van der Waals surface area contributed by atoms with Crippen molar-refractivity contribution in [3.8, 4) is 5.75 Å². The summed E-state index contributed by atoms with van der Waals surface area (Å²) in [5.74, 6) is 2.55. The van der Waals surface area contributed by atoms with Crippen LogP contribution in [0, 0.1) is 23.6 Å². The van der Waals surface area contributed by atoms with Crippen molar-refractivity contribution in [1.29, 1.82) is 0 Å². The molecule has 2 bridgehead atoms. The van der Waals surface area contributed by atoms with E-state index in [0.717, 1.165) is 80.5 Å². The number of fused-ring (bicyclic) bond motifs is 3. The smallest absolute Gasteiger partial charge is 0.188 e. The highest BCUT2D eigenvalue weighted by atomic mass is 19.1. The third-order valence-corrected chi connectivity index (χ3v) is 9.24. The van der Waals surface area contributed by atoms with Gasteiger partial charge in [-0.15, -0.1) is 0 Å². The van der Waals surface area contributed by atoms with Gasteiger partial charge in [-0.25, -0.2) is 9.37 Å². The molecule has 5 nitrogen and oxygen atoms in total. The zero-order valence-electron chi connectivity index (χ0n) is 21.5. The number of halogens is 1. The molecule has 196 valence electrons. The number of quaternary nitrogens is 1. The lowest BCUT2D eigenvalue weighted by atomic mass is 9.73. The summed E-state index contributed by atoms with van der Waals surface area (Å²) in [6, 6.07) is 16.1. The maximum atomic E-state index is 14.6. The minimum atomic E-state index is -1.45. The second-order valence-corrected chi connectivity index (χ2v) is 11.6. The lowest BCUT2D eigenvalue weighted by molar-refractivity contribution is -0.960. The van der Waals surface area contributed by atoms with E-state index in [1.807, 2.05) is 36.4 Å². The first-order chi connectivity index (χ1) is 18.0. The number of aromatic nitrogens is 1. The fourth-order valence-electron chi connectivity index (χ4n) is 7.22. The van der Waals surface area contributed by atoms with Gasteiger partial charge in [0, 0.05) is 24.8 Å². The molecule has 7 rings (SSSR count). The first-order valence-electron chi connectivity index (χ1n) is 14.0. The Labute approximate surface area is 218 Å². The Kier molecular flexibility index (Phi) is 6.80. The highest BCUT2D eigenvalue weighted by Gasteiger charge is 2.47. The van der Waals surface area contributed by atoms with Gasteiger partial charge in [0.15, 0.2) is 11.7 Å². The summed E-state index contributed by atoms with van der Waals surface area (Å²) in [5.41, 5.74) is -0.688. The van der Waals surface area contributed by atoms with Crippen molar-refractivity contribution < 1.29 is 23.1 Å². The summed E-state index contributed by atoms with van der Waals surface area (Å²) in [4.78, 5) is 4.64. The molecule has 4 aliphatic rings. The number of ether oxygens (including phenoxy) is 1. The normalized spacial score (nSPS) is 27.6. The van der Waals surface area contributed by atoms with Gasteiger partial charge in [-0.05, 0) is 35.1 Å². The molecule has 3 aromatic rings. The molecule has 1 unspecified atom stereocenters. The van der Waals surface area contributed by atoms with Crippen molar-refractivity contribution >= 4 is 0 Å². The van der Waals surface area contributed by atoms with Crippen LogP contribution in [0.2, 0.25) is 0 Å². The topological polar surface area (TPSA) is 58.3 Å². The number of benzene rings is 2. The molecule has 4 heterocycles. The van der Waals surface area contributed by atoms with Gasteiger partial charge in [-0.3, -0.25) is 0 Å². The van der Waals surface area contributed by atoms with Gasteiger partial charge in [-0.2, -0.15) is 0 Å². The molecular weight excluding hydrogens is 467 g/mol. The molecule has 2 atom stereocenters. The summed E-state index contributed by atoms with van der Waals surface area (Å²) >= 11 is 0. The molecule has 3 saturated heterocycles. The molecule has 37 heavy (non-hydrogen) atoms. The third kappa shape index (κ3) is 4.94. The van der Waals surface area contributed by atoms with Crippen LogP contribution in [0.25, 0.3) is 0 Å². The Morgan fingerprint density at radius 1 is 1.00 bits per heavy atom. The van der Waals surface area contributed by atoms with Gasteiger partial charge in [0.1, 0.15) is 18.1 Å². The van der Waals surface area contributed by atoms with Crippen molar-refractivity contribution in [2.24, 2.45) is 17.8 Å². The fraction of sp³-hybridized carbons (Fsp3) is 0.516. The summed E-state index contributed by atoms with van der Waals surface area (Å²) in [6.07, 6.45) is 9.36. The highest BCUT2D eigenvalue weighted by Crippen LogP contribution is 2.43. The van der Waals surface area contributed by atoms with E-state index < -0.39 is 5.60 Å². The van der Waals surface area contributed by atoms with Gasteiger partial charge in [0.05, 0.1) is 32.4 Å². The van der Waals surface area contributed by atoms with Crippen molar-refractivity contribution in [2.75, 3.05) is 26.2 Å². The maximum Gasteiger partial charge on any atom is 0.188 e. The van der Waals surface area contributed by atoms with E-state index in [1.54, 1.807) is 12.3 Å². The predicted molar refractivity (Wildman–Crippen MR) is 137 cm³/mol. The molecule has 6 heteroatoms. The van der Waals surface area contributed by atoms with Crippen LogP contribution in [0.1, 0.15) is 62.2 Å². The number of rotatable bonds is 8. The molecule has 0 spiro atoms. The van der Waals surface area contributed by atoms with Crippen molar-refractivity contribution in [3.05, 3.63) is 83.8 Å². The Balaban J connectivity index is 1.19. The van der Waals surface area contributed by atoms with Crippen LogP contribution in [0.4, 0.5) is 4.39 Å². The van der Waals surface area contributed by atoms with E-state index in [1.165, 1.54) is 18.6 Å². The van der Waals surface area contributed by atoms with E-state index in [9.17, 15) is 9.50 Å². The Morgan fingerprint density at radius 3 is 2.54 bits per heavy atom. The Hall–Kier alpha value is -2.70. The Morgan fingerprint density at radius 2 is 1.78 bits per heavy atom. The molecule has 0 radical (unpaired) electrons. The number of hydrogen-bond donors (Lipinski definition) is 0. The van der Waals surface area contributed by atoms with Crippen LogP contribution in [-0.4, -0.2) is 35.7 Å². The van der Waals surface area contributed by atoms with E-state index in [-0.39, 0.29) is 11.7 Å². The minimum absolute atomic E-state index is 0.00252. The average molecular weight is 505 g/mol. The van der Waals surface area contributed by atoms with Crippen LogP contribution >= 0.6 is 0 Å². The number of nitrogens with zero attached hydrogens (tertiary/aromatic N) is 2. The molecule has 4 fully saturated rings. The average Bonchev–Trinajstić information content (AvgIpc) is 3.41. The first kappa shape index (κ1) is 24.6. The minimum Gasteiger partial charge on any atom is -0.839 e. The van der Waals surface area contributed by atoms with Crippen molar-refractivity contribution in [2.45, 2.75) is 57.1 Å². The van der Waals surface area contributed by atoms with Crippen LogP contribution in [-0.2, 0) is 12.1 Å². The monoisotopic (exact) mass is 504 g/mol. The third-order valence-electron chi connectivity index (χ3n) is 9.24. The molecular formula is C31H37FN2O3. The quantitative estimate of drug-likeness (QED) is 0.384. The van der Waals surface area contributed by atoms with Gasteiger partial charge in [0.25, 0.3) is 0 Å². The van der Waals surface area contributed by atoms with Crippen LogP contribution in [0.3, 0.4) is 0 Å². The van der Waals surface area contributed by atoms with Gasteiger partial charge in [-0.1, -0.05) is 68.5 Å². The lowest BCUT2D eigenvalue weighted by Crippen LogP contribution is -2.62. The van der Waals surface area contributed by atoms with E-state index in [2.05, 4.69) is 4.98 Å². The molecule has 3 aliphatic heterocycles. The van der Waals surface area contributed by atoms with Gasteiger partial charge >= 0.3 is 0 Å². The molecule has 1 aliphatic carbocycles. The SMILES string of the molecule is [O-][C@](c1ccccc1)(c1ncc(C[N+]23CCC(CC2)C(COc2cccc(F)c2)C3)o1)C1CCCCC1. The van der Waals surface area contributed by atoms with Crippen molar-refractivity contribution in [3.63, 3.8) is 0 Å². The first-order valence-corrected chi connectivity index (χ1v) is 14.0. The molecule has 0 N–H and O–H groups in total. The number of piperidine rings is 3. The standard InChI is InChI=1S/C31H37FN2O3/c32-27-12-7-13-28(18-27)36-22-24-20-34(16-14-23(24)15-17-34)21-29-19-33-30(37-29)31(35,25-8-3-1-4-9-25)26-10-5-2-6-11-26/h1,3-4,7-9,12-13,18-19,23-24,26H,2,5-6,10-11,14-17,20-22H2/t23?,24?,31-,34?/m0/s1. The van der Waals surface area contributed by atoms with E-state index in [0.29, 0.717) is 30.1 Å². The summed E-state index contributed by atoms with van der Waals surface area (Å²) in [5, 5.41) is 14.6. The van der Waals surface area contributed by atoms with Crippen LogP contribution < -0.4 is 9.84 Å². The largest absolute Gasteiger partial charge is 0.839 e.